The van der Waals surface area contributed by atoms with Gasteiger partial charge in [0.15, 0.2) is 0 Å². The lowest BCUT2D eigenvalue weighted by atomic mass is 9.86. The van der Waals surface area contributed by atoms with Gasteiger partial charge in [-0.3, -0.25) is 4.79 Å². The maximum atomic E-state index is 12.8. The molecular formula is C16H30N4O4S. The Hall–Kier alpha value is -1.35. The van der Waals surface area contributed by atoms with Gasteiger partial charge in [-0.25, -0.2) is 13.2 Å². The minimum Gasteiger partial charge on any atom is -0.345 e. The summed E-state index contributed by atoms with van der Waals surface area (Å²) >= 11 is 0. The molecule has 0 aliphatic carbocycles. The molecule has 1 atom stereocenters. The Morgan fingerprint density at radius 2 is 1.84 bits per heavy atom. The van der Waals surface area contributed by atoms with E-state index in [0.717, 1.165) is 0 Å². The quantitative estimate of drug-likeness (QED) is 0.703. The van der Waals surface area contributed by atoms with Crippen LogP contribution in [0.25, 0.3) is 0 Å². The largest absolute Gasteiger partial charge is 0.345 e. The van der Waals surface area contributed by atoms with Crippen molar-refractivity contribution in [3.8, 4) is 0 Å². The molecular weight excluding hydrogens is 344 g/mol. The third-order valence-corrected chi connectivity index (χ3v) is 6.96. The molecule has 2 rings (SSSR count). The summed E-state index contributed by atoms with van der Waals surface area (Å²) in [6, 6.07) is -0.149. The molecule has 9 heteroatoms. The van der Waals surface area contributed by atoms with Gasteiger partial charge >= 0.3 is 6.03 Å². The fourth-order valence-electron chi connectivity index (χ4n) is 3.74. The maximum absolute atomic E-state index is 12.8. The van der Waals surface area contributed by atoms with Crippen molar-refractivity contribution in [3.63, 3.8) is 0 Å². The van der Waals surface area contributed by atoms with Crippen molar-refractivity contribution in [2.45, 2.75) is 20.3 Å². The molecule has 25 heavy (non-hydrogen) atoms. The first-order valence-electron chi connectivity index (χ1n) is 8.64. The number of hydrogen-bond donors (Lipinski definition) is 0. The minimum absolute atomic E-state index is 0.000333. The highest BCUT2D eigenvalue weighted by molar-refractivity contribution is 7.89. The van der Waals surface area contributed by atoms with Crippen molar-refractivity contribution in [2.24, 2.45) is 11.3 Å². The third-order valence-electron chi connectivity index (χ3n) is 4.77. The lowest BCUT2D eigenvalue weighted by molar-refractivity contribution is -0.126. The van der Waals surface area contributed by atoms with Gasteiger partial charge in [-0.15, -0.1) is 0 Å². The molecule has 1 spiro atoms. The van der Waals surface area contributed by atoms with Gasteiger partial charge in [-0.1, -0.05) is 13.8 Å². The van der Waals surface area contributed by atoms with Crippen LogP contribution in [-0.4, -0.2) is 99.0 Å². The highest BCUT2D eigenvalue weighted by Crippen LogP contribution is 2.35. The molecule has 0 radical (unpaired) electrons. The molecule has 8 nitrogen and oxygen atoms in total. The summed E-state index contributed by atoms with van der Waals surface area (Å²) in [5, 5.41) is 0. The number of urea groups is 1. The molecule has 2 aliphatic heterocycles. The van der Waals surface area contributed by atoms with Crippen LogP contribution in [0, 0.1) is 11.3 Å². The molecule has 0 aromatic heterocycles. The van der Waals surface area contributed by atoms with E-state index in [-0.39, 0.29) is 43.1 Å². The Morgan fingerprint density at radius 1 is 1.20 bits per heavy atom. The Kier molecular flexibility index (Phi) is 5.68. The fourth-order valence-corrected chi connectivity index (χ4v) is 5.63. The second-order valence-corrected chi connectivity index (χ2v) is 10.0. The van der Waals surface area contributed by atoms with E-state index in [1.54, 1.807) is 30.9 Å². The first-order valence-corrected chi connectivity index (χ1v) is 10.2. The summed E-state index contributed by atoms with van der Waals surface area (Å²) in [4.78, 5) is 29.4. The average Bonchev–Trinajstić information content (AvgIpc) is 2.64. The predicted molar refractivity (Wildman–Crippen MR) is 95.5 cm³/mol. The number of carbonyl (C=O) groups is 2. The molecule has 0 unspecified atom stereocenters. The van der Waals surface area contributed by atoms with E-state index in [9.17, 15) is 18.0 Å². The molecule has 144 valence electrons. The average molecular weight is 375 g/mol. The van der Waals surface area contributed by atoms with E-state index < -0.39 is 15.4 Å². The van der Waals surface area contributed by atoms with Gasteiger partial charge < -0.3 is 14.7 Å². The number of rotatable bonds is 3. The minimum atomic E-state index is -3.42. The SMILES string of the molecule is CC(C)CS(=O)(=O)N1CCN(C(=O)N(C)C)C[C@]2(CC(=O)N(C)C2)C1. The van der Waals surface area contributed by atoms with Gasteiger partial charge in [-0.05, 0) is 5.92 Å². The summed E-state index contributed by atoms with van der Waals surface area (Å²) in [6.45, 7) is 5.52. The summed E-state index contributed by atoms with van der Waals surface area (Å²) in [7, 11) is 1.67. The Bertz CT molecular complexity index is 634. The lowest BCUT2D eigenvalue weighted by Gasteiger charge is -2.34. The first kappa shape index (κ1) is 20.0. The highest BCUT2D eigenvalue weighted by atomic mass is 32.2. The maximum Gasteiger partial charge on any atom is 0.319 e. The molecule has 0 N–H and O–H groups in total. The van der Waals surface area contributed by atoms with E-state index in [0.29, 0.717) is 19.6 Å². The standard InChI is InChI=1S/C16H30N4O4S/c1-13(2)9-25(23,24)20-7-6-19(15(22)17(3)4)11-16(12-20)8-14(21)18(5)10-16/h13H,6-12H2,1-5H3/t16-/m1/s1. The molecule has 2 heterocycles. The second kappa shape index (κ2) is 7.11. The zero-order chi connectivity index (χ0) is 19.0. The number of likely N-dealkylation sites (tertiary alicyclic amines) is 1. The fraction of sp³-hybridized carbons (Fsp3) is 0.875. The number of nitrogens with zero attached hydrogens (tertiary/aromatic N) is 4. The Labute approximate surface area is 150 Å². The van der Waals surface area contributed by atoms with Crippen molar-refractivity contribution in [1.29, 1.82) is 0 Å². The topological polar surface area (TPSA) is 81.2 Å². The molecule has 2 fully saturated rings. The van der Waals surface area contributed by atoms with Crippen LogP contribution < -0.4 is 0 Å². The van der Waals surface area contributed by atoms with Crippen LogP contribution in [0.4, 0.5) is 4.79 Å². The number of hydrogen-bond acceptors (Lipinski definition) is 4. The summed E-state index contributed by atoms with van der Waals surface area (Å²) in [5.41, 5.74) is -0.544. The van der Waals surface area contributed by atoms with Crippen LogP contribution >= 0.6 is 0 Å². The van der Waals surface area contributed by atoms with E-state index >= 15 is 0 Å². The normalized spacial score (nSPS) is 25.8. The van der Waals surface area contributed by atoms with Crippen LogP contribution in [0.15, 0.2) is 0 Å². The lowest BCUT2D eigenvalue weighted by Crippen LogP contribution is -2.47. The van der Waals surface area contributed by atoms with Crippen LogP contribution in [0.3, 0.4) is 0 Å². The summed E-state index contributed by atoms with van der Waals surface area (Å²) in [5.74, 6) is 0.103. The van der Waals surface area contributed by atoms with Gasteiger partial charge in [-0.2, -0.15) is 4.31 Å². The van der Waals surface area contributed by atoms with Crippen molar-refractivity contribution >= 4 is 22.0 Å². The Morgan fingerprint density at radius 3 is 2.32 bits per heavy atom. The van der Waals surface area contributed by atoms with Gasteiger partial charge in [0.25, 0.3) is 0 Å². The second-order valence-electron chi connectivity index (χ2n) is 8.03. The predicted octanol–water partition coefficient (Wildman–Crippen LogP) is 0.120. The molecule has 0 aromatic carbocycles. The van der Waals surface area contributed by atoms with Gasteiger partial charge in [0.05, 0.1) is 5.75 Å². The van der Waals surface area contributed by atoms with Gasteiger partial charge in [0, 0.05) is 65.7 Å². The molecule has 0 bridgehead atoms. The molecule has 0 saturated carbocycles. The molecule has 2 aliphatic rings. The number of carbonyl (C=O) groups excluding carboxylic acids is 2. The summed E-state index contributed by atoms with van der Waals surface area (Å²) in [6.07, 6.45) is 0.272. The monoisotopic (exact) mass is 374 g/mol. The van der Waals surface area contributed by atoms with E-state index in [2.05, 4.69) is 0 Å². The molecule has 0 aromatic rings. The van der Waals surface area contributed by atoms with Crippen molar-refractivity contribution in [1.82, 2.24) is 19.0 Å². The van der Waals surface area contributed by atoms with Crippen LogP contribution in [0.5, 0.6) is 0 Å². The molecule has 3 amide bonds. The Balaban J connectivity index is 2.33. The van der Waals surface area contributed by atoms with Crippen LogP contribution in [0.2, 0.25) is 0 Å². The number of sulfonamides is 1. The third kappa shape index (κ3) is 4.44. The zero-order valence-corrected chi connectivity index (χ0v) is 16.7. The summed E-state index contributed by atoms with van der Waals surface area (Å²) < 4.78 is 27.0. The van der Waals surface area contributed by atoms with Crippen molar-refractivity contribution < 1.29 is 18.0 Å². The first-order chi connectivity index (χ1) is 11.5. The number of amides is 3. The van der Waals surface area contributed by atoms with E-state index in [4.69, 9.17) is 0 Å². The molecule has 2 saturated heterocycles. The van der Waals surface area contributed by atoms with Crippen molar-refractivity contribution in [2.75, 3.05) is 59.6 Å². The van der Waals surface area contributed by atoms with Crippen LogP contribution in [-0.2, 0) is 14.8 Å². The zero-order valence-electron chi connectivity index (χ0n) is 15.9. The van der Waals surface area contributed by atoms with Crippen molar-refractivity contribution in [3.05, 3.63) is 0 Å². The van der Waals surface area contributed by atoms with Crippen LogP contribution in [0.1, 0.15) is 20.3 Å². The van der Waals surface area contributed by atoms with E-state index in [1.165, 1.54) is 9.21 Å². The smallest absolute Gasteiger partial charge is 0.319 e. The van der Waals surface area contributed by atoms with E-state index in [1.807, 2.05) is 13.8 Å². The highest BCUT2D eigenvalue weighted by Gasteiger charge is 2.48. The van der Waals surface area contributed by atoms with Gasteiger partial charge in [0.1, 0.15) is 0 Å². The van der Waals surface area contributed by atoms with Gasteiger partial charge in [0.2, 0.25) is 15.9 Å².